The molecule has 1 aromatic rings. The van der Waals surface area contributed by atoms with Gasteiger partial charge in [-0.25, -0.2) is 14.4 Å². The Labute approximate surface area is 179 Å². The Kier molecular flexibility index (Phi) is 4.80. The molecule has 0 unspecified atom stereocenters. The van der Waals surface area contributed by atoms with Gasteiger partial charge in [-0.05, 0) is 19.1 Å². The van der Waals surface area contributed by atoms with Crippen LogP contribution in [0.25, 0.3) is 0 Å². The zero-order valence-electron chi connectivity index (χ0n) is 16.7. The number of nitrogens with one attached hydrogen (secondary N) is 2. The van der Waals surface area contributed by atoms with Crippen molar-refractivity contribution in [2.75, 3.05) is 13.2 Å². The molecule has 0 amide bonds. The van der Waals surface area contributed by atoms with Crippen molar-refractivity contribution in [2.45, 2.75) is 42.7 Å². The molecule has 0 aliphatic carbocycles. The highest BCUT2D eigenvalue weighted by Crippen LogP contribution is 2.43. The van der Waals surface area contributed by atoms with Crippen molar-refractivity contribution in [3.8, 4) is 0 Å². The molecule has 0 saturated carbocycles. The molecule has 0 aromatic heterocycles. The monoisotopic (exact) mass is 459 g/mol. The van der Waals surface area contributed by atoms with E-state index in [0.29, 0.717) is 0 Å². The van der Waals surface area contributed by atoms with Crippen molar-refractivity contribution in [3.05, 3.63) is 34.9 Å². The Balaban J connectivity index is 1.72. The third-order valence-electron chi connectivity index (χ3n) is 5.96. The Bertz CT molecular complexity index is 1040. The van der Waals surface area contributed by atoms with E-state index in [1.165, 1.54) is 17.6 Å². The molecule has 0 bridgehead atoms. The first kappa shape index (κ1) is 22.1. The number of carbonyl (C=O) groups excluding carboxylic acids is 1. The smallest absolute Gasteiger partial charge is 0.417 e. The Morgan fingerprint density at radius 1 is 1.38 bits per heavy atom. The van der Waals surface area contributed by atoms with E-state index in [9.17, 15) is 33.3 Å². The summed E-state index contributed by atoms with van der Waals surface area (Å²) in [6.07, 6.45) is -6.58. The van der Waals surface area contributed by atoms with Crippen LogP contribution in [0.4, 0.5) is 13.2 Å². The maximum Gasteiger partial charge on any atom is 0.417 e. The van der Waals surface area contributed by atoms with E-state index in [1.807, 2.05) is 0 Å². The number of halogens is 3. The molecule has 4 atom stereocenters. The highest BCUT2D eigenvalue weighted by atomic mass is 19.4. The Morgan fingerprint density at radius 2 is 2.06 bits per heavy atom. The molecule has 174 valence electrons. The predicted molar refractivity (Wildman–Crippen MR) is 102 cm³/mol. The first-order chi connectivity index (χ1) is 14.8. The number of aliphatic hydroxyl groups excluding tert-OH is 1. The third-order valence-corrected chi connectivity index (χ3v) is 5.96. The molecule has 9 N–H and O–H groups in total. The number of nitrogens with zero attached hydrogens (tertiary/aromatic N) is 2. The minimum Gasteiger partial charge on any atom is -0.449 e. The summed E-state index contributed by atoms with van der Waals surface area (Å²) in [5.41, 5.74) is 8.09. The van der Waals surface area contributed by atoms with E-state index in [0.717, 1.165) is 12.1 Å². The quantitative estimate of drug-likeness (QED) is 0.146. The van der Waals surface area contributed by atoms with E-state index >= 15 is 0 Å². The number of hydrogen-bond donors (Lipinski definition) is 7. The molecule has 4 rings (SSSR count). The van der Waals surface area contributed by atoms with Crippen LogP contribution in [0.5, 0.6) is 0 Å². The second kappa shape index (κ2) is 6.95. The van der Waals surface area contributed by atoms with Crippen LogP contribution < -0.4 is 22.1 Å². The number of aliphatic hydroxyl groups is 3. The fourth-order valence-corrected chi connectivity index (χ4v) is 4.51. The van der Waals surface area contributed by atoms with Gasteiger partial charge in [0.15, 0.2) is 18.1 Å². The van der Waals surface area contributed by atoms with Crippen molar-refractivity contribution in [1.29, 1.82) is 0 Å². The standard InChI is InChI=1S/C18H21F3N6O5/c1-7-2-3-8(9(4-7)18(19,20)21)13(29)32-11-5-27-15(23)24-10(6-28)12-16(27,17(11,30)31)26-14(22)25-12/h2-4,10-12,28,30-31H,5-6H2,1H3,(H5,22,23,24,25,26)/p+1/t10-,11-,12-,16-/m0/s1. The molecular formula is C18H22F3N6O5+. The topological polar surface area (TPSA) is 178 Å². The summed E-state index contributed by atoms with van der Waals surface area (Å²) in [6.45, 7) is 0.526. The van der Waals surface area contributed by atoms with Gasteiger partial charge in [-0.1, -0.05) is 11.6 Å². The van der Waals surface area contributed by atoms with Gasteiger partial charge < -0.3 is 31.1 Å². The molecule has 0 radical (unpaired) electrons. The maximum absolute atomic E-state index is 13.4. The number of ether oxygens (including phenoxy) is 1. The van der Waals surface area contributed by atoms with Gasteiger partial charge in [0.05, 0.1) is 17.7 Å². The number of aryl methyl sites for hydroxylation is 1. The van der Waals surface area contributed by atoms with Crippen LogP contribution in [-0.2, 0) is 10.9 Å². The lowest BCUT2D eigenvalue weighted by Gasteiger charge is -2.43. The van der Waals surface area contributed by atoms with Gasteiger partial charge in [0, 0.05) is 0 Å². The van der Waals surface area contributed by atoms with Crippen molar-refractivity contribution in [2.24, 2.45) is 16.5 Å². The molecule has 1 spiro atoms. The molecule has 3 heterocycles. The number of nitrogens with two attached hydrogens (primary N) is 2. The number of carbonyl (C=O) groups is 1. The van der Waals surface area contributed by atoms with E-state index in [2.05, 4.69) is 15.6 Å². The number of aliphatic imine (C=N–C) groups is 1. The minimum atomic E-state index is -4.83. The van der Waals surface area contributed by atoms with Gasteiger partial charge in [-0.3, -0.25) is 11.1 Å². The van der Waals surface area contributed by atoms with Gasteiger partial charge in [0.2, 0.25) is 5.66 Å². The highest BCUT2D eigenvalue weighted by molar-refractivity contribution is 5.91. The van der Waals surface area contributed by atoms with Crippen LogP contribution in [-0.4, -0.2) is 80.6 Å². The summed E-state index contributed by atoms with van der Waals surface area (Å²) < 4.78 is 46.7. The first-order valence-corrected chi connectivity index (χ1v) is 9.55. The lowest BCUT2D eigenvalue weighted by atomic mass is 9.86. The van der Waals surface area contributed by atoms with Gasteiger partial charge in [-0.2, -0.15) is 13.2 Å². The summed E-state index contributed by atoms with van der Waals surface area (Å²) in [7, 11) is 0. The van der Waals surface area contributed by atoms with Crippen LogP contribution in [0.15, 0.2) is 23.2 Å². The summed E-state index contributed by atoms with van der Waals surface area (Å²) in [5.74, 6) is -4.59. The number of guanidine groups is 2. The third kappa shape index (κ3) is 2.97. The van der Waals surface area contributed by atoms with Crippen molar-refractivity contribution < 1.29 is 42.6 Å². The average Bonchev–Trinajstić information content (AvgIpc) is 3.16. The molecule has 14 heteroatoms. The summed E-state index contributed by atoms with van der Waals surface area (Å²) in [5, 5.41) is 37.2. The molecule has 1 fully saturated rings. The van der Waals surface area contributed by atoms with Crippen molar-refractivity contribution in [3.63, 3.8) is 0 Å². The fourth-order valence-electron chi connectivity index (χ4n) is 4.51. The highest BCUT2D eigenvalue weighted by Gasteiger charge is 2.76. The van der Waals surface area contributed by atoms with E-state index < -0.39 is 66.1 Å². The van der Waals surface area contributed by atoms with Crippen LogP contribution >= 0.6 is 0 Å². The lowest BCUT2D eigenvalue weighted by molar-refractivity contribution is -0.623. The molecule has 1 aromatic carbocycles. The molecule has 32 heavy (non-hydrogen) atoms. The van der Waals surface area contributed by atoms with Crippen LogP contribution in [0.2, 0.25) is 0 Å². The van der Waals surface area contributed by atoms with Crippen LogP contribution in [0.3, 0.4) is 0 Å². The van der Waals surface area contributed by atoms with Gasteiger partial charge >= 0.3 is 18.1 Å². The van der Waals surface area contributed by atoms with E-state index in [4.69, 9.17) is 16.2 Å². The number of benzene rings is 1. The lowest BCUT2D eigenvalue weighted by Crippen LogP contribution is -2.78. The molecule has 11 nitrogen and oxygen atoms in total. The molecular weight excluding hydrogens is 437 g/mol. The average molecular weight is 459 g/mol. The number of alkyl halides is 3. The van der Waals surface area contributed by atoms with E-state index in [1.54, 1.807) is 0 Å². The zero-order valence-corrected chi connectivity index (χ0v) is 16.7. The summed E-state index contributed by atoms with van der Waals surface area (Å²) in [6, 6.07) is 1.10. The second-order valence-electron chi connectivity index (χ2n) is 7.95. The predicted octanol–water partition coefficient (Wildman–Crippen LogP) is -2.49. The summed E-state index contributed by atoms with van der Waals surface area (Å²) in [4.78, 5) is 16.8. The largest absolute Gasteiger partial charge is 0.449 e. The van der Waals surface area contributed by atoms with Crippen LogP contribution in [0.1, 0.15) is 21.5 Å². The molecule has 1 saturated heterocycles. The van der Waals surface area contributed by atoms with Gasteiger partial charge in [-0.15, -0.1) is 0 Å². The van der Waals surface area contributed by atoms with Crippen LogP contribution in [0, 0.1) is 6.92 Å². The van der Waals surface area contributed by atoms with Crippen molar-refractivity contribution >= 4 is 17.9 Å². The maximum atomic E-state index is 13.4. The Morgan fingerprint density at radius 3 is 2.69 bits per heavy atom. The zero-order chi connectivity index (χ0) is 23.6. The number of esters is 1. The van der Waals surface area contributed by atoms with Gasteiger partial charge in [0.1, 0.15) is 12.6 Å². The SMILES string of the molecule is Cc1ccc(C(=O)O[C@H]2C[N+]3=C(N)N[C@@H](CO)[C@@H]4N=C(N)N[C@@]43C2(O)O)c(C(F)(F)F)c1. The molecule has 3 aliphatic rings. The normalized spacial score (nSPS) is 30.7. The molecule has 3 aliphatic heterocycles. The van der Waals surface area contributed by atoms with Gasteiger partial charge in [0.25, 0.3) is 5.79 Å². The first-order valence-electron chi connectivity index (χ1n) is 9.55. The number of rotatable bonds is 3. The number of hydrogen-bond acceptors (Lipinski definition) is 10. The second-order valence-corrected chi connectivity index (χ2v) is 7.95. The van der Waals surface area contributed by atoms with Crippen molar-refractivity contribution in [1.82, 2.24) is 10.6 Å². The fraction of sp³-hybridized carbons (Fsp3) is 0.500. The van der Waals surface area contributed by atoms with E-state index in [-0.39, 0.29) is 17.5 Å². The Hall–Kier alpha value is -3.10. The summed E-state index contributed by atoms with van der Waals surface area (Å²) >= 11 is 0. The minimum absolute atomic E-state index is 0.102.